The third-order valence-electron chi connectivity index (χ3n) is 3.50. The molecule has 0 aromatic carbocycles. The van der Waals surface area contributed by atoms with Gasteiger partial charge in [0.2, 0.25) is 10.0 Å². The number of hydrogen-bond donors (Lipinski definition) is 1. The molecule has 110 valence electrons. The van der Waals surface area contributed by atoms with Crippen molar-refractivity contribution >= 4 is 22.0 Å². The minimum absolute atomic E-state index is 0.102. The molecule has 0 atom stereocenters. The number of carboxylic acid groups (broad SMARTS) is 1. The number of carbonyl (C=O) groups excluding carboxylic acids is 1. The van der Waals surface area contributed by atoms with Gasteiger partial charge in [-0.25, -0.2) is 12.7 Å². The van der Waals surface area contributed by atoms with E-state index in [2.05, 4.69) is 4.74 Å². The lowest BCUT2D eigenvalue weighted by Crippen LogP contribution is -2.47. The summed E-state index contributed by atoms with van der Waals surface area (Å²) in [5.41, 5.74) is -0.953. The largest absolute Gasteiger partial charge is 0.481 e. The number of esters is 1. The Balaban J connectivity index is 2.72. The van der Waals surface area contributed by atoms with Crippen molar-refractivity contribution in [1.82, 2.24) is 4.31 Å². The fourth-order valence-electron chi connectivity index (χ4n) is 2.08. The minimum Gasteiger partial charge on any atom is -0.481 e. The highest BCUT2D eigenvalue weighted by Gasteiger charge is 2.49. The average Bonchev–Trinajstić information content (AvgIpc) is 2.29. The lowest BCUT2D eigenvalue weighted by Gasteiger charge is -2.39. The Labute approximate surface area is 112 Å². The van der Waals surface area contributed by atoms with Gasteiger partial charge in [-0.3, -0.25) is 9.59 Å². The molecule has 0 aromatic rings. The van der Waals surface area contributed by atoms with Crippen LogP contribution >= 0.6 is 0 Å². The Kier molecular flexibility index (Phi) is 4.92. The predicted molar refractivity (Wildman–Crippen MR) is 67.0 cm³/mol. The van der Waals surface area contributed by atoms with Gasteiger partial charge in [-0.1, -0.05) is 6.42 Å². The number of aliphatic carboxylic acids is 1. The van der Waals surface area contributed by atoms with E-state index in [-0.39, 0.29) is 18.7 Å². The topological polar surface area (TPSA) is 101 Å². The molecular formula is C11H19NO6S. The van der Waals surface area contributed by atoms with E-state index in [0.717, 1.165) is 10.7 Å². The van der Waals surface area contributed by atoms with E-state index in [4.69, 9.17) is 5.11 Å². The Morgan fingerprint density at radius 1 is 1.37 bits per heavy atom. The highest BCUT2D eigenvalue weighted by molar-refractivity contribution is 7.89. The van der Waals surface area contributed by atoms with Gasteiger partial charge < -0.3 is 9.84 Å². The molecule has 7 nitrogen and oxygen atoms in total. The molecule has 19 heavy (non-hydrogen) atoms. The van der Waals surface area contributed by atoms with Crippen LogP contribution in [-0.4, -0.2) is 56.2 Å². The SMILES string of the molecule is COC(=O)C1(CS(=O)(=O)N(C)CCC(=O)O)CCC1. The third-order valence-corrected chi connectivity index (χ3v) is 5.55. The van der Waals surface area contributed by atoms with Gasteiger partial charge >= 0.3 is 11.9 Å². The zero-order valence-electron chi connectivity index (χ0n) is 11.1. The van der Waals surface area contributed by atoms with E-state index < -0.39 is 27.4 Å². The van der Waals surface area contributed by atoms with Crippen LogP contribution in [0.4, 0.5) is 0 Å². The van der Waals surface area contributed by atoms with Gasteiger partial charge in [-0.05, 0) is 12.8 Å². The summed E-state index contributed by atoms with van der Waals surface area (Å²) in [4.78, 5) is 22.1. The molecule has 1 aliphatic carbocycles. The van der Waals surface area contributed by atoms with Gasteiger partial charge in [0.05, 0.1) is 24.7 Å². The average molecular weight is 293 g/mol. The summed E-state index contributed by atoms with van der Waals surface area (Å²) < 4.78 is 29.8. The number of sulfonamides is 1. The van der Waals surface area contributed by atoms with Crippen LogP contribution in [0.5, 0.6) is 0 Å². The van der Waals surface area contributed by atoms with Crippen molar-refractivity contribution in [1.29, 1.82) is 0 Å². The van der Waals surface area contributed by atoms with Crippen molar-refractivity contribution in [2.75, 3.05) is 26.5 Å². The molecule has 0 aromatic heterocycles. The summed E-state index contributed by atoms with van der Waals surface area (Å²) in [5, 5.41) is 8.55. The summed E-state index contributed by atoms with van der Waals surface area (Å²) in [6, 6.07) is 0. The zero-order valence-corrected chi connectivity index (χ0v) is 11.9. The number of carboxylic acids is 1. The van der Waals surface area contributed by atoms with Crippen molar-refractivity contribution in [2.45, 2.75) is 25.7 Å². The van der Waals surface area contributed by atoms with E-state index in [1.54, 1.807) is 0 Å². The van der Waals surface area contributed by atoms with Crippen LogP contribution in [0.2, 0.25) is 0 Å². The van der Waals surface area contributed by atoms with Crippen molar-refractivity contribution < 1.29 is 27.9 Å². The second-order valence-electron chi connectivity index (χ2n) is 4.85. The second kappa shape index (κ2) is 5.87. The smallest absolute Gasteiger partial charge is 0.312 e. The molecule has 0 amide bonds. The molecule has 1 saturated carbocycles. The van der Waals surface area contributed by atoms with E-state index >= 15 is 0 Å². The number of nitrogens with zero attached hydrogens (tertiary/aromatic N) is 1. The summed E-state index contributed by atoms with van der Waals surface area (Å²) >= 11 is 0. The maximum Gasteiger partial charge on any atom is 0.312 e. The van der Waals surface area contributed by atoms with Crippen molar-refractivity contribution in [3.05, 3.63) is 0 Å². The second-order valence-corrected chi connectivity index (χ2v) is 6.92. The minimum atomic E-state index is -3.66. The van der Waals surface area contributed by atoms with Gasteiger partial charge in [-0.2, -0.15) is 0 Å². The lowest BCUT2D eigenvalue weighted by atomic mass is 9.70. The number of methoxy groups -OCH3 is 1. The Morgan fingerprint density at radius 3 is 2.32 bits per heavy atom. The van der Waals surface area contributed by atoms with Crippen molar-refractivity contribution in [2.24, 2.45) is 5.41 Å². The number of carbonyl (C=O) groups is 2. The molecule has 0 aliphatic heterocycles. The first kappa shape index (κ1) is 15.9. The van der Waals surface area contributed by atoms with Crippen LogP contribution in [0.3, 0.4) is 0 Å². The molecule has 1 aliphatic rings. The lowest BCUT2D eigenvalue weighted by molar-refractivity contribution is -0.156. The van der Waals surface area contributed by atoms with Gasteiger partial charge in [0.15, 0.2) is 0 Å². The quantitative estimate of drug-likeness (QED) is 0.666. The van der Waals surface area contributed by atoms with Crippen LogP contribution in [0.15, 0.2) is 0 Å². The van der Waals surface area contributed by atoms with Crippen LogP contribution in [0, 0.1) is 5.41 Å². The molecule has 1 fully saturated rings. The maximum atomic E-state index is 12.1. The zero-order chi connectivity index (χ0) is 14.7. The summed E-state index contributed by atoms with van der Waals surface area (Å²) in [6.07, 6.45) is 1.52. The molecule has 0 unspecified atom stereocenters. The predicted octanol–water partition coefficient (Wildman–Crippen LogP) is 0.0660. The van der Waals surface area contributed by atoms with E-state index in [1.807, 2.05) is 0 Å². The first-order chi connectivity index (χ1) is 8.73. The number of rotatable bonds is 7. The van der Waals surface area contributed by atoms with E-state index in [9.17, 15) is 18.0 Å². The Hall–Kier alpha value is -1.15. The van der Waals surface area contributed by atoms with Gasteiger partial charge in [0.1, 0.15) is 0 Å². The number of ether oxygens (including phenoxy) is 1. The molecule has 0 spiro atoms. The van der Waals surface area contributed by atoms with E-state index in [1.165, 1.54) is 14.2 Å². The fourth-order valence-corrected chi connectivity index (χ4v) is 3.77. The number of hydrogen-bond acceptors (Lipinski definition) is 5. The van der Waals surface area contributed by atoms with Crippen LogP contribution in [0.1, 0.15) is 25.7 Å². The standard InChI is InChI=1S/C11H19NO6S/c1-12(7-4-9(13)14)19(16,17)8-11(5-3-6-11)10(15)18-2/h3-8H2,1-2H3,(H,13,14). The van der Waals surface area contributed by atoms with Crippen molar-refractivity contribution in [3.63, 3.8) is 0 Å². The molecule has 0 heterocycles. The van der Waals surface area contributed by atoms with E-state index in [0.29, 0.717) is 12.8 Å². The molecule has 0 radical (unpaired) electrons. The van der Waals surface area contributed by atoms with Crippen LogP contribution in [0.25, 0.3) is 0 Å². The molecule has 1 rings (SSSR count). The fraction of sp³-hybridized carbons (Fsp3) is 0.818. The molecule has 1 N–H and O–H groups in total. The third kappa shape index (κ3) is 3.66. The summed E-state index contributed by atoms with van der Waals surface area (Å²) in [7, 11) is -1.10. The van der Waals surface area contributed by atoms with Crippen molar-refractivity contribution in [3.8, 4) is 0 Å². The maximum absolute atomic E-state index is 12.1. The first-order valence-corrected chi connectivity index (χ1v) is 7.59. The monoisotopic (exact) mass is 293 g/mol. The molecule has 0 bridgehead atoms. The van der Waals surface area contributed by atoms with Gasteiger partial charge in [0, 0.05) is 13.6 Å². The highest BCUT2D eigenvalue weighted by atomic mass is 32.2. The first-order valence-electron chi connectivity index (χ1n) is 5.98. The molecular weight excluding hydrogens is 274 g/mol. The molecule has 8 heteroatoms. The molecule has 0 saturated heterocycles. The van der Waals surface area contributed by atoms with Gasteiger partial charge in [-0.15, -0.1) is 0 Å². The van der Waals surface area contributed by atoms with Crippen LogP contribution < -0.4 is 0 Å². The highest BCUT2D eigenvalue weighted by Crippen LogP contribution is 2.43. The summed E-state index contributed by atoms with van der Waals surface area (Å²) in [6.45, 7) is -0.102. The summed E-state index contributed by atoms with van der Waals surface area (Å²) in [5.74, 6) is -1.88. The normalized spacial score (nSPS) is 17.8. The Bertz CT molecular complexity index is 454. The van der Waals surface area contributed by atoms with Crippen LogP contribution in [-0.2, 0) is 24.3 Å². The van der Waals surface area contributed by atoms with Gasteiger partial charge in [0.25, 0.3) is 0 Å². The Morgan fingerprint density at radius 2 is 1.95 bits per heavy atom.